The summed E-state index contributed by atoms with van der Waals surface area (Å²) in [6, 6.07) is 3.19. The Kier molecular flexibility index (Phi) is 4.79. The number of phenols is 1. The molecule has 0 aliphatic heterocycles. The van der Waals surface area contributed by atoms with Gasteiger partial charge < -0.3 is 9.84 Å². The molecule has 3 nitrogen and oxygen atoms in total. The van der Waals surface area contributed by atoms with Gasteiger partial charge in [0.25, 0.3) is 0 Å². The topological polar surface area (TPSA) is 46.5 Å². The fourth-order valence-corrected chi connectivity index (χ4v) is 1.59. The molecule has 4 heteroatoms. The standard InChI is InChI=1S/C13H13ClO3/c1-3-4-10-9(6-8-12(14)16)5-7-11(15)13(10)17-2/h3,5-8,15H,1,4H2,2H3. The summed E-state index contributed by atoms with van der Waals surface area (Å²) in [5.41, 5.74) is 1.52. The third-order valence-electron chi connectivity index (χ3n) is 2.22. The van der Waals surface area contributed by atoms with Gasteiger partial charge >= 0.3 is 0 Å². The highest BCUT2D eigenvalue weighted by Crippen LogP contribution is 2.33. The van der Waals surface area contributed by atoms with E-state index in [1.165, 1.54) is 19.3 Å². The zero-order valence-electron chi connectivity index (χ0n) is 9.44. The highest BCUT2D eigenvalue weighted by Gasteiger charge is 2.11. The minimum absolute atomic E-state index is 0.0544. The maximum absolute atomic E-state index is 10.7. The molecule has 1 aromatic carbocycles. The Labute approximate surface area is 105 Å². The third kappa shape index (κ3) is 3.36. The van der Waals surface area contributed by atoms with E-state index in [0.29, 0.717) is 12.2 Å². The fraction of sp³-hybridized carbons (Fsp3) is 0.154. The second kappa shape index (κ2) is 6.11. The summed E-state index contributed by atoms with van der Waals surface area (Å²) in [5, 5.41) is 9.09. The minimum Gasteiger partial charge on any atom is -0.504 e. The van der Waals surface area contributed by atoms with Gasteiger partial charge in [-0.3, -0.25) is 4.79 Å². The van der Waals surface area contributed by atoms with Gasteiger partial charge in [-0.1, -0.05) is 12.1 Å². The fourth-order valence-electron chi connectivity index (χ4n) is 1.52. The first-order valence-corrected chi connectivity index (χ1v) is 5.35. The van der Waals surface area contributed by atoms with E-state index in [1.807, 2.05) is 0 Å². The lowest BCUT2D eigenvalue weighted by Crippen LogP contribution is -1.95. The van der Waals surface area contributed by atoms with Gasteiger partial charge in [0.15, 0.2) is 11.5 Å². The highest BCUT2D eigenvalue weighted by molar-refractivity contribution is 6.66. The first-order chi connectivity index (χ1) is 8.10. The van der Waals surface area contributed by atoms with Crippen LogP contribution in [0.3, 0.4) is 0 Å². The Morgan fingerprint density at radius 2 is 2.29 bits per heavy atom. The van der Waals surface area contributed by atoms with Crippen LogP contribution in [0.15, 0.2) is 30.9 Å². The largest absolute Gasteiger partial charge is 0.504 e. The van der Waals surface area contributed by atoms with E-state index < -0.39 is 5.24 Å². The molecule has 0 aliphatic rings. The molecule has 1 aromatic rings. The van der Waals surface area contributed by atoms with Crippen molar-refractivity contribution in [1.82, 2.24) is 0 Å². The molecule has 0 fully saturated rings. The predicted molar refractivity (Wildman–Crippen MR) is 68.5 cm³/mol. The van der Waals surface area contributed by atoms with Crippen molar-refractivity contribution in [2.75, 3.05) is 7.11 Å². The van der Waals surface area contributed by atoms with E-state index in [1.54, 1.807) is 18.2 Å². The van der Waals surface area contributed by atoms with E-state index in [2.05, 4.69) is 6.58 Å². The van der Waals surface area contributed by atoms with Gasteiger partial charge in [0.05, 0.1) is 7.11 Å². The minimum atomic E-state index is -0.554. The average molecular weight is 253 g/mol. The predicted octanol–water partition coefficient (Wildman–Crippen LogP) is 2.91. The lowest BCUT2D eigenvalue weighted by molar-refractivity contribution is -0.107. The Bertz CT molecular complexity index is 464. The average Bonchev–Trinajstić information content (AvgIpc) is 2.28. The van der Waals surface area contributed by atoms with Crippen LogP contribution in [0.1, 0.15) is 11.1 Å². The summed E-state index contributed by atoms with van der Waals surface area (Å²) in [6.07, 6.45) is 5.04. The van der Waals surface area contributed by atoms with Crippen molar-refractivity contribution in [2.24, 2.45) is 0 Å². The van der Waals surface area contributed by atoms with Crippen LogP contribution in [0.25, 0.3) is 6.08 Å². The van der Waals surface area contributed by atoms with Gasteiger partial charge in [-0.15, -0.1) is 6.58 Å². The number of methoxy groups -OCH3 is 1. The second-order valence-corrected chi connectivity index (χ2v) is 3.69. The lowest BCUT2D eigenvalue weighted by atomic mass is 10.0. The van der Waals surface area contributed by atoms with Crippen LogP contribution < -0.4 is 4.74 Å². The Hall–Kier alpha value is -1.74. The van der Waals surface area contributed by atoms with Crippen LogP contribution in [-0.4, -0.2) is 17.5 Å². The number of halogens is 1. The van der Waals surface area contributed by atoms with Crippen molar-refractivity contribution < 1.29 is 14.6 Å². The van der Waals surface area contributed by atoms with Crippen molar-refractivity contribution in [3.63, 3.8) is 0 Å². The maximum atomic E-state index is 10.7. The molecule has 0 spiro atoms. The van der Waals surface area contributed by atoms with E-state index in [-0.39, 0.29) is 5.75 Å². The Balaban J connectivity index is 3.29. The van der Waals surface area contributed by atoms with Crippen molar-refractivity contribution in [3.8, 4) is 11.5 Å². The number of hydrogen-bond acceptors (Lipinski definition) is 3. The SMILES string of the molecule is C=CCc1c(C=CC(=O)Cl)ccc(O)c1OC. The molecular formula is C13H13ClO3. The molecule has 0 atom stereocenters. The number of ether oxygens (including phenoxy) is 1. The van der Waals surface area contributed by atoms with Crippen molar-refractivity contribution >= 4 is 22.9 Å². The van der Waals surface area contributed by atoms with Crippen LogP contribution in [0.5, 0.6) is 11.5 Å². The lowest BCUT2D eigenvalue weighted by Gasteiger charge is -2.11. The highest BCUT2D eigenvalue weighted by atomic mass is 35.5. The van der Waals surface area contributed by atoms with Gasteiger partial charge in [0.1, 0.15) is 0 Å². The van der Waals surface area contributed by atoms with Gasteiger partial charge in [0.2, 0.25) is 5.24 Å². The van der Waals surface area contributed by atoms with Crippen LogP contribution in [0.4, 0.5) is 0 Å². The summed E-state index contributed by atoms with van der Waals surface area (Å²) < 4.78 is 5.13. The molecule has 0 saturated heterocycles. The quantitative estimate of drug-likeness (QED) is 0.498. The number of carbonyl (C=O) groups is 1. The van der Waals surface area contributed by atoms with Crippen LogP contribution in [0, 0.1) is 0 Å². The molecule has 0 aromatic heterocycles. The van der Waals surface area contributed by atoms with Gasteiger partial charge in [0, 0.05) is 5.56 Å². The smallest absolute Gasteiger partial charge is 0.245 e. The molecule has 1 N–H and O–H groups in total. The van der Waals surface area contributed by atoms with E-state index in [0.717, 1.165) is 11.1 Å². The summed E-state index contributed by atoms with van der Waals surface area (Å²) in [7, 11) is 1.47. The number of allylic oxidation sites excluding steroid dienone is 2. The van der Waals surface area contributed by atoms with Gasteiger partial charge in [-0.05, 0) is 41.8 Å². The first kappa shape index (κ1) is 13.3. The molecular weight excluding hydrogens is 240 g/mol. The summed E-state index contributed by atoms with van der Waals surface area (Å²) in [4.78, 5) is 10.7. The van der Waals surface area contributed by atoms with Crippen LogP contribution in [0.2, 0.25) is 0 Å². The molecule has 0 unspecified atom stereocenters. The van der Waals surface area contributed by atoms with Crippen molar-refractivity contribution in [2.45, 2.75) is 6.42 Å². The molecule has 0 aliphatic carbocycles. The van der Waals surface area contributed by atoms with Crippen LogP contribution in [-0.2, 0) is 11.2 Å². The monoisotopic (exact) mass is 252 g/mol. The number of aromatic hydroxyl groups is 1. The molecule has 0 saturated carbocycles. The number of benzene rings is 1. The number of phenolic OH excluding ortho intramolecular Hbond substituents is 1. The molecule has 17 heavy (non-hydrogen) atoms. The number of carbonyl (C=O) groups excluding carboxylic acids is 1. The molecule has 90 valence electrons. The zero-order valence-corrected chi connectivity index (χ0v) is 10.2. The second-order valence-electron chi connectivity index (χ2n) is 3.32. The molecule has 1 rings (SSSR count). The van der Waals surface area contributed by atoms with Crippen LogP contribution >= 0.6 is 11.6 Å². The van der Waals surface area contributed by atoms with E-state index in [4.69, 9.17) is 16.3 Å². The van der Waals surface area contributed by atoms with Crippen molar-refractivity contribution in [1.29, 1.82) is 0 Å². The van der Waals surface area contributed by atoms with Gasteiger partial charge in [-0.25, -0.2) is 0 Å². The van der Waals surface area contributed by atoms with E-state index >= 15 is 0 Å². The number of rotatable bonds is 5. The summed E-state index contributed by atoms with van der Waals surface area (Å²) in [5.74, 6) is 0.438. The Morgan fingerprint density at radius 1 is 1.59 bits per heavy atom. The summed E-state index contributed by atoms with van der Waals surface area (Å²) >= 11 is 5.24. The zero-order chi connectivity index (χ0) is 12.8. The summed E-state index contributed by atoms with van der Waals surface area (Å²) in [6.45, 7) is 3.64. The molecule has 0 heterocycles. The maximum Gasteiger partial charge on any atom is 0.245 e. The molecule has 0 bridgehead atoms. The number of hydrogen-bond donors (Lipinski definition) is 1. The van der Waals surface area contributed by atoms with Crippen molar-refractivity contribution in [3.05, 3.63) is 42.0 Å². The molecule has 0 radical (unpaired) electrons. The Morgan fingerprint density at radius 3 is 2.82 bits per heavy atom. The molecule has 0 amide bonds. The first-order valence-electron chi connectivity index (χ1n) is 4.97. The van der Waals surface area contributed by atoms with Gasteiger partial charge in [-0.2, -0.15) is 0 Å². The van der Waals surface area contributed by atoms with E-state index in [9.17, 15) is 9.90 Å². The normalized spacial score (nSPS) is 10.5. The third-order valence-corrected chi connectivity index (χ3v) is 2.35.